The molecular weight excluding hydrogens is 348 g/mol. The number of halogens is 5. The maximum atomic E-state index is 13.1. The molecule has 0 atom stereocenters. The molecule has 0 saturated carbocycles. The van der Waals surface area contributed by atoms with Crippen LogP contribution in [0.1, 0.15) is 5.56 Å². The van der Waals surface area contributed by atoms with Crippen molar-refractivity contribution in [1.29, 1.82) is 0 Å². The maximum Gasteiger partial charge on any atom is 0.417 e. The van der Waals surface area contributed by atoms with Gasteiger partial charge in [-0.05, 0) is 34.1 Å². The molecule has 2 rings (SSSR count). The normalized spacial score (nSPS) is 11.7. The van der Waals surface area contributed by atoms with Gasteiger partial charge in [0.05, 0.1) is 5.56 Å². The zero-order chi connectivity index (χ0) is 15.1. The fourth-order valence-electron chi connectivity index (χ4n) is 1.53. The summed E-state index contributed by atoms with van der Waals surface area (Å²) in [7, 11) is 0. The third kappa shape index (κ3) is 2.67. The first-order valence-corrected chi connectivity index (χ1v) is 5.85. The summed E-state index contributed by atoms with van der Waals surface area (Å²) in [5.41, 5.74) is -2.73. The van der Waals surface area contributed by atoms with Crippen LogP contribution in [0, 0.1) is 5.82 Å². The monoisotopic (exact) mass is 352 g/mol. The number of nitrogens with zero attached hydrogens (tertiary/aromatic N) is 1. The number of rotatable bonds is 1. The van der Waals surface area contributed by atoms with Crippen molar-refractivity contribution < 1.29 is 22.7 Å². The summed E-state index contributed by atoms with van der Waals surface area (Å²) >= 11 is 2.71. The molecule has 0 aliphatic carbocycles. The Hall–Kier alpha value is -1.90. The summed E-state index contributed by atoms with van der Waals surface area (Å²) in [4.78, 5) is 16.8. The first-order chi connectivity index (χ1) is 9.20. The molecule has 1 heterocycles. The van der Waals surface area contributed by atoms with Gasteiger partial charge < -0.3 is 10.1 Å². The standard InChI is InChI=1S/C11H5BrF4N2O2/c12-7-9(19)17-8(18-10(7)20)5-3-4(13)1-2-6(5)11(14,15)16/h1-3H,(H2,17,18,19,20). The molecule has 1 aromatic carbocycles. The van der Waals surface area contributed by atoms with Gasteiger partial charge >= 0.3 is 6.18 Å². The van der Waals surface area contributed by atoms with Gasteiger partial charge in [-0.15, -0.1) is 0 Å². The zero-order valence-electron chi connectivity index (χ0n) is 9.42. The van der Waals surface area contributed by atoms with Crippen LogP contribution < -0.4 is 5.56 Å². The smallest absolute Gasteiger partial charge is 0.417 e. The minimum atomic E-state index is -4.76. The van der Waals surface area contributed by atoms with Crippen LogP contribution in [0.5, 0.6) is 5.88 Å². The van der Waals surface area contributed by atoms with Crippen LogP contribution in [-0.2, 0) is 6.18 Å². The minimum Gasteiger partial charge on any atom is -0.492 e. The van der Waals surface area contributed by atoms with E-state index in [9.17, 15) is 27.5 Å². The molecule has 2 N–H and O–H groups in total. The van der Waals surface area contributed by atoms with E-state index in [4.69, 9.17) is 0 Å². The number of aromatic amines is 1. The second-order valence-electron chi connectivity index (χ2n) is 3.74. The van der Waals surface area contributed by atoms with Crippen molar-refractivity contribution in [3.05, 3.63) is 44.4 Å². The topological polar surface area (TPSA) is 66.0 Å². The van der Waals surface area contributed by atoms with Crippen molar-refractivity contribution in [2.24, 2.45) is 0 Å². The van der Waals surface area contributed by atoms with Gasteiger partial charge in [0, 0.05) is 5.56 Å². The number of nitrogens with one attached hydrogen (secondary N) is 1. The van der Waals surface area contributed by atoms with E-state index in [0.29, 0.717) is 18.2 Å². The third-order valence-electron chi connectivity index (χ3n) is 2.39. The highest BCUT2D eigenvalue weighted by Gasteiger charge is 2.34. The Balaban J connectivity index is 2.75. The summed E-state index contributed by atoms with van der Waals surface area (Å²) in [6, 6.07) is 1.75. The number of benzene rings is 1. The van der Waals surface area contributed by atoms with Gasteiger partial charge in [0.2, 0.25) is 5.88 Å². The summed E-state index contributed by atoms with van der Waals surface area (Å²) in [6.07, 6.45) is -4.76. The predicted octanol–water partition coefficient (Wildman–Crippen LogP) is 3.06. The van der Waals surface area contributed by atoms with Crippen molar-refractivity contribution in [2.75, 3.05) is 0 Å². The number of aromatic nitrogens is 2. The lowest BCUT2D eigenvalue weighted by Gasteiger charge is -2.12. The van der Waals surface area contributed by atoms with Crippen molar-refractivity contribution in [2.45, 2.75) is 6.18 Å². The third-order valence-corrected chi connectivity index (χ3v) is 3.10. The summed E-state index contributed by atoms with van der Waals surface area (Å²) < 4.78 is 51.3. The first kappa shape index (κ1) is 14.5. The van der Waals surface area contributed by atoms with E-state index in [-0.39, 0.29) is 4.47 Å². The Kier molecular flexibility index (Phi) is 3.55. The lowest BCUT2D eigenvalue weighted by Crippen LogP contribution is -2.13. The van der Waals surface area contributed by atoms with Crippen LogP contribution in [0.2, 0.25) is 0 Å². The van der Waals surface area contributed by atoms with Crippen LogP contribution in [0.3, 0.4) is 0 Å². The first-order valence-electron chi connectivity index (χ1n) is 5.06. The molecule has 0 aliphatic heterocycles. The van der Waals surface area contributed by atoms with Gasteiger partial charge in [0.15, 0.2) is 0 Å². The Bertz CT molecular complexity index is 727. The van der Waals surface area contributed by atoms with Crippen LogP contribution in [-0.4, -0.2) is 15.1 Å². The van der Waals surface area contributed by atoms with E-state index >= 15 is 0 Å². The fourth-order valence-corrected chi connectivity index (χ4v) is 1.72. The van der Waals surface area contributed by atoms with Crippen LogP contribution in [0.4, 0.5) is 17.6 Å². The molecule has 0 amide bonds. The molecule has 4 nitrogen and oxygen atoms in total. The number of alkyl halides is 3. The van der Waals surface area contributed by atoms with Gasteiger partial charge in [0.25, 0.3) is 5.56 Å². The largest absolute Gasteiger partial charge is 0.492 e. The molecule has 0 radical (unpaired) electrons. The molecule has 20 heavy (non-hydrogen) atoms. The predicted molar refractivity (Wildman–Crippen MR) is 64.6 cm³/mol. The van der Waals surface area contributed by atoms with E-state index < -0.39 is 40.4 Å². The van der Waals surface area contributed by atoms with Gasteiger partial charge in [0.1, 0.15) is 16.1 Å². The Labute approximate surface area is 117 Å². The van der Waals surface area contributed by atoms with Gasteiger partial charge in [-0.1, -0.05) is 0 Å². The lowest BCUT2D eigenvalue weighted by atomic mass is 10.1. The van der Waals surface area contributed by atoms with Crippen molar-refractivity contribution in [1.82, 2.24) is 9.97 Å². The molecule has 2 aromatic rings. The van der Waals surface area contributed by atoms with Crippen LogP contribution >= 0.6 is 15.9 Å². The Morgan fingerprint density at radius 1 is 1.30 bits per heavy atom. The number of hydrogen-bond donors (Lipinski definition) is 2. The zero-order valence-corrected chi connectivity index (χ0v) is 11.0. The van der Waals surface area contributed by atoms with Crippen molar-refractivity contribution in [3.63, 3.8) is 0 Å². The summed E-state index contributed by atoms with van der Waals surface area (Å²) in [5.74, 6) is -2.30. The van der Waals surface area contributed by atoms with Crippen LogP contribution in [0.15, 0.2) is 27.5 Å². The average Bonchev–Trinajstić information content (AvgIpc) is 2.33. The quantitative estimate of drug-likeness (QED) is 0.775. The van der Waals surface area contributed by atoms with Crippen molar-refractivity contribution >= 4 is 15.9 Å². The van der Waals surface area contributed by atoms with E-state index in [0.717, 1.165) is 0 Å². The average molecular weight is 353 g/mol. The van der Waals surface area contributed by atoms with Crippen LogP contribution in [0.25, 0.3) is 11.4 Å². The second-order valence-corrected chi connectivity index (χ2v) is 4.53. The molecule has 0 bridgehead atoms. The molecular formula is C11H5BrF4N2O2. The molecule has 9 heteroatoms. The minimum absolute atomic E-state index is 0.328. The Morgan fingerprint density at radius 3 is 2.50 bits per heavy atom. The summed E-state index contributed by atoms with van der Waals surface area (Å²) in [6.45, 7) is 0. The molecule has 0 unspecified atom stereocenters. The second kappa shape index (κ2) is 4.89. The molecule has 0 aliphatic rings. The van der Waals surface area contributed by atoms with Crippen molar-refractivity contribution in [3.8, 4) is 17.3 Å². The summed E-state index contributed by atoms with van der Waals surface area (Å²) in [5, 5.41) is 9.35. The molecule has 0 saturated heterocycles. The molecule has 106 valence electrons. The maximum absolute atomic E-state index is 13.1. The van der Waals surface area contributed by atoms with Gasteiger partial charge in [-0.25, -0.2) is 4.39 Å². The lowest BCUT2D eigenvalue weighted by molar-refractivity contribution is -0.137. The number of H-pyrrole nitrogens is 1. The highest BCUT2D eigenvalue weighted by molar-refractivity contribution is 9.10. The number of aromatic hydroxyl groups is 1. The molecule has 0 fully saturated rings. The highest BCUT2D eigenvalue weighted by atomic mass is 79.9. The molecule has 0 spiro atoms. The van der Waals surface area contributed by atoms with Gasteiger partial charge in [-0.3, -0.25) is 4.79 Å². The van der Waals surface area contributed by atoms with E-state index in [1.165, 1.54) is 0 Å². The van der Waals surface area contributed by atoms with E-state index in [1.807, 2.05) is 4.98 Å². The van der Waals surface area contributed by atoms with Gasteiger partial charge in [-0.2, -0.15) is 18.2 Å². The number of hydrogen-bond acceptors (Lipinski definition) is 3. The van der Waals surface area contributed by atoms with E-state index in [1.54, 1.807) is 0 Å². The fraction of sp³-hybridized carbons (Fsp3) is 0.0909. The molecule has 1 aromatic heterocycles. The highest BCUT2D eigenvalue weighted by Crippen LogP contribution is 2.36. The SMILES string of the molecule is O=c1[nH]c(-c2cc(F)ccc2C(F)(F)F)nc(O)c1Br. The van der Waals surface area contributed by atoms with E-state index in [2.05, 4.69) is 20.9 Å². The Morgan fingerprint density at radius 2 is 1.95 bits per heavy atom.